The first-order chi connectivity index (χ1) is 5.32. The fourth-order valence-corrected chi connectivity index (χ4v) is 2.54. The number of hydrogen-bond donors (Lipinski definition) is 1. The van der Waals surface area contributed by atoms with Crippen LogP contribution in [0.3, 0.4) is 0 Å². The lowest BCUT2D eigenvalue weighted by Gasteiger charge is -2.35. The topological polar surface area (TPSA) is 23.5 Å². The fraction of sp³-hybridized carbons (Fsp3) is 1.00. The largest absolute Gasteiger partial charge is 0.313 e. The molecule has 1 heterocycles. The summed E-state index contributed by atoms with van der Waals surface area (Å²) in [7, 11) is 0. The van der Waals surface area contributed by atoms with Gasteiger partial charge in [0.2, 0.25) is 0 Å². The van der Waals surface area contributed by atoms with Crippen LogP contribution in [0.2, 0.25) is 0 Å². The van der Waals surface area contributed by atoms with Crippen LogP contribution < -0.4 is 0 Å². The first kappa shape index (κ1) is 10.0. The van der Waals surface area contributed by atoms with Gasteiger partial charge in [0.1, 0.15) is 0 Å². The standard InChI is InChI=1S/C10H21NO/c1-6-8-7-9(2,3)11(12)10(8,4)5/h8,12H,6-7H2,1-5H3. The zero-order chi connectivity index (χ0) is 9.57. The Balaban J connectivity index is 2.88. The SMILES string of the molecule is CCC1CC(C)(C)N(O)C1(C)C. The molecule has 1 atom stereocenters. The Morgan fingerprint density at radius 3 is 2.00 bits per heavy atom. The molecule has 0 aromatic rings. The summed E-state index contributed by atoms with van der Waals surface area (Å²) in [6, 6.07) is 0. The van der Waals surface area contributed by atoms with Crippen molar-refractivity contribution < 1.29 is 5.21 Å². The molecule has 0 saturated carbocycles. The molecule has 0 radical (unpaired) electrons. The van der Waals surface area contributed by atoms with Crippen LogP contribution in [0, 0.1) is 5.92 Å². The summed E-state index contributed by atoms with van der Waals surface area (Å²) in [5, 5.41) is 11.5. The van der Waals surface area contributed by atoms with Crippen LogP contribution in [0.4, 0.5) is 0 Å². The summed E-state index contributed by atoms with van der Waals surface area (Å²) >= 11 is 0. The number of rotatable bonds is 1. The third-order valence-electron chi connectivity index (χ3n) is 3.36. The van der Waals surface area contributed by atoms with Crippen LogP contribution >= 0.6 is 0 Å². The lowest BCUT2D eigenvalue weighted by molar-refractivity contribution is -0.196. The first-order valence-corrected chi connectivity index (χ1v) is 4.81. The van der Waals surface area contributed by atoms with E-state index in [1.165, 1.54) is 5.06 Å². The van der Waals surface area contributed by atoms with E-state index in [4.69, 9.17) is 0 Å². The normalized spacial score (nSPS) is 34.0. The molecule has 2 heteroatoms. The van der Waals surface area contributed by atoms with E-state index in [0.717, 1.165) is 12.8 Å². The van der Waals surface area contributed by atoms with Crippen molar-refractivity contribution in [3.8, 4) is 0 Å². The van der Waals surface area contributed by atoms with Crippen LogP contribution in [0.1, 0.15) is 47.5 Å². The van der Waals surface area contributed by atoms with E-state index in [-0.39, 0.29) is 11.1 Å². The molecule has 0 amide bonds. The predicted molar refractivity (Wildman–Crippen MR) is 50.2 cm³/mol. The van der Waals surface area contributed by atoms with Crippen molar-refractivity contribution in [3.05, 3.63) is 0 Å². The molecular formula is C10H21NO. The fourth-order valence-electron chi connectivity index (χ4n) is 2.54. The van der Waals surface area contributed by atoms with E-state index < -0.39 is 0 Å². The molecule has 0 bridgehead atoms. The van der Waals surface area contributed by atoms with E-state index in [0.29, 0.717) is 5.92 Å². The van der Waals surface area contributed by atoms with Gasteiger partial charge in [-0.2, -0.15) is 5.06 Å². The highest BCUT2D eigenvalue weighted by Crippen LogP contribution is 2.44. The van der Waals surface area contributed by atoms with E-state index in [1.807, 2.05) is 0 Å². The van der Waals surface area contributed by atoms with Gasteiger partial charge in [-0.15, -0.1) is 0 Å². The average molecular weight is 171 g/mol. The van der Waals surface area contributed by atoms with Crippen molar-refractivity contribution in [2.24, 2.45) is 5.92 Å². The van der Waals surface area contributed by atoms with E-state index in [2.05, 4.69) is 34.6 Å². The minimum atomic E-state index is -0.0573. The maximum absolute atomic E-state index is 9.92. The molecule has 1 unspecified atom stereocenters. The van der Waals surface area contributed by atoms with Gasteiger partial charge in [-0.05, 0) is 40.0 Å². The van der Waals surface area contributed by atoms with Gasteiger partial charge in [0.25, 0.3) is 0 Å². The second-order valence-electron chi connectivity index (χ2n) is 5.09. The Kier molecular flexibility index (Phi) is 2.26. The monoisotopic (exact) mass is 171 g/mol. The summed E-state index contributed by atoms with van der Waals surface area (Å²) in [6.07, 6.45) is 2.24. The summed E-state index contributed by atoms with van der Waals surface area (Å²) in [5.41, 5.74) is -0.109. The zero-order valence-corrected chi connectivity index (χ0v) is 8.89. The molecule has 0 aliphatic carbocycles. The molecule has 0 aromatic heterocycles. The maximum atomic E-state index is 9.92. The van der Waals surface area contributed by atoms with Gasteiger partial charge in [-0.1, -0.05) is 13.3 Å². The second kappa shape index (κ2) is 2.71. The second-order valence-corrected chi connectivity index (χ2v) is 5.09. The van der Waals surface area contributed by atoms with Crippen molar-refractivity contribution in [3.63, 3.8) is 0 Å². The minimum absolute atomic E-state index is 0.0514. The van der Waals surface area contributed by atoms with E-state index >= 15 is 0 Å². The molecule has 1 fully saturated rings. The Hall–Kier alpha value is -0.0800. The summed E-state index contributed by atoms with van der Waals surface area (Å²) in [4.78, 5) is 0. The average Bonchev–Trinajstić information content (AvgIpc) is 2.11. The van der Waals surface area contributed by atoms with Crippen molar-refractivity contribution in [2.45, 2.75) is 58.5 Å². The highest BCUT2D eigenvalue weighted by molar-refractivity contribution is 5.01. The smallest absolute Gasteiger partial charge is 0.0439 e. The van der Waals surface area contributed by atoms with Gasteiger partial charge in [-0.25, -0.2) is 0 Å². The quantitative estimate of drug-likeness (QED) is 0.655. The van der Waals surface area contributed by atoms with Crippen molar-refractivity contribution in [1.29, 1.82) is 0 Å². The Labute approximate surface area is 75.5 Å². The van der Waals surface area contributed by atoms with E-state index in [9.17, 15) is 5.21 Å². The summed E-state index contributed by atoms with van der Waals surface area (Å²) in [6.45, 7) is 10.6. The van der Waals surface area contributed by atoms with Crippen LogP contribution in [0.15, 0.2) is 0 Å². The van der Waals surface area contributed by atoms with Gasteiger partial charge in [-0.3, -0.25) is 0 Å². The van der Waals surface area contributed by atoms with Crippen LogP contribution in [0.5, 0.6) is 0 Å². The molecule has 0 aromatic carbocycles. The molecule has 12 heavy (non-hydrogen) atoms. The lowest BCUT2D eigenvalue weighted by atomic mass is 9.85. The first-order valence-electron chi connectivity index (χ1n) is 4.81. The molecule has 72 valence electrons. The van der Waals surface area contributed by atoms with Crippen molar-refractivity contribution in [2.75, 3.05) is 0 Å². The van der Waals surface area contributed by atoms with Crippen LogP contribution in [-0.4, -0.2) is 21.3 Å². The van der Waals surface area contributed by atoms with Gasteiger partial charge >= 0.3 is 0 Å². The van der Waals surface area contributed by atoms with Crippen LogP contribution in [0.25, 0.3) is 0 Å². The van der Waals surface area contributed by atoms with Gasteiger partial charge in [0, 0.05) is 11.1 Å². The number of hydroxylamine groups is 2. The summed E-state index contributed by atoms with van der Waals surface area (Å²) in [5.74, 6) is 0.609. The highest BCUT2D eigenvalue weighted by Gasteiger charge is 2.50. The lowest BCUT2D eigenvalue weighted by Crippen LogP contribution is -2.47. The summed E-state index contributed by atoms with van der Waals surface area (Å²) < 4.78 is 0. The maximum Gasteiger partial charge on any atom is 0.0439 e. The number of nitrogens with zero attached hydrogens (tertiary/aromatic N) is 1. The molecular weight excluding hydrogens is 150 g/mol. The third kappa shape index (κ3) is 1.27. The molecule has 1 aliphatic rings. The molecule has 1 rings (SSSR count). The van der Waals surface area contributed by atoms with Crippen LogP contribution in [-0.2, 0) is 0 Å². The molecule has 1 N–H and O–H groups in total. The third-order valence-corrected chi connectivity index (χ3v) is 3.36. The highest BCUT2D eigenvalue weighted by atomic mass is 16.5. The molecule has 0 spiro atoms. The molecule has 1 saturated heterocycles. The van der Waals surface area contributed by atoms with Gasteiger partial charge in [0.05, 0.1) is 0 Å². The van der Waals surface area contributed by atoms with Crippen molar-refractivity contribution >= 4 is 0 Å². The Bertz CT molecular complexity index is 175. The van der Waals surface area contributed by atoms with Gasteiger partial charge in [0.15, 0.2) is 0 Å². The van der Waals surface area contributed by atoms with Gasteiger partial charge < -0.3 is 5.21 Å². The van der Waals surface area contributed by atoms with Crippen molar-refractivity contribution in [1.82, 2.24) is 5.06 Å². The van der Waals surface area contributed by atoms with E-state index in [1.54, 1.807) is 0 Å². The predicted octanol–water partition coefficient (Wildman–Crippen LogP) is 2.66. The molecule has 2 nitrogen and oxygen atoms in total. The minimum Gasteiger partial charge on any atom is -0.313 e. The zero-order valence-electron chi connectivity index (χ0n) is 8.89. The molecule has 1 aliphatic heterocycles. The number of hydrogen-bond acceptors (Lipinski definition) is 2. The Morgan fingerprint density at radius 2 is 1.83 bits per heavy atom. The Morgan fingerprint density at radius 1 is 1.33 bits per heavy atom.